The van der Waals surface area contributed by atoms with Crippen molar-refractivity contribution in [2.24, 2.45) is 10.9 Å². The molecule has 2 aliphatic rings. The molecule has 0 radical (unpaired) electrons. The van der Waals surface area contributed by atoms with Gasteiger partial charge in [-0.1, -0.05) is 24.3 Å². The molecule has 0 N–H and O–H groups in total. The Bertz CT molecular complexity index is 969. The third kappa shape index (κ3) is 2.32. The Kier molecular flexibility index (Phi) is 3.72. The van der Waals surface area contributed by atoms with Crippen molar-refractivity contribution in [2.45, 2.75) is 12.8 Å². The molecule has 0 fully saturated rings. The lowest BCUT2D eigenvalue weighted by Gasteiger charge is -2.28. The highest BCUT2D eigenvalue weighted by Gasteiger charge is 2.47. The van der Waals surface area contributed by atoms with Crippen LogP contribution in [0.5, 0.6) is 0 Å². The SMILES string of the molecule is COC(=O)C1C(C)=NC2=C(C(=O)c3ccccc32)[C@@H]1c1ccc(Br)o1. The number of Topliss-reactive ketones (excluding diaryl/α,β-unsaturated/α-hetero) is 1. The van der Waals surface area contributed by atoms with Crippen LogP contribution in [0.25, 0.3) is 5.70 Å². The smallest absolute Gasteiger partial charge is 0.315 e. The fourth-order valence-electron chi connectivity index (χ4n) is 3.58. The van der Waals surface area contributed by atoms with E-state index < -0.39 is 17.8 Å². The fraction of sp³-hybridized carbons (Fsp3) is 0.211. The number of ether oxygens (including phenoxy) is 1. The van der Waals surface area contributed by atoms with Crippen LogP contribution in [0.15, 0.2) is 56.1 Å². The molecule has 5 nitrogen and oxygen atoms in total. The van der Waals surface area contributed by atoms with Gasteiger partial charge in [-0.3, -0.25) is 14.6 Å². The van der Waals surface area contributed by atoms with Crippen LogP contribution in [0, 0.1) is 5.92 Å². The Hall–Kier alpha value is -2.47. The molecule has 0 saturated heterocycles. The zero-order chi connectivity index (χ0) is 17.7. The predicted molar refractivity (Wildman–Crippen MR) is 95.5 cm³/mol. The lowest BCUT2D eigenvalue weighted by Crippen LogP contribution is -2.34. The zero-order valence-corrected chi connectivity index (χ0v) is 15.2. The first kappa shape index (κ1) is 16.0. The first-order valence-corrected chi connectivity index (χ1v) is 8.58. The Morgan fingerprint density at radius 1 is 1.20 bits per heavy atom. The van der Waals surface area contributed by atoms with E-state index in [2.05, 4.69) is 20.9 Å². The highest BCUT2D eigenvalue weighted by atomic mass is 79.9. The van der Waals surface area contributed by atoms with Gasteiger partial charge in [-0.05, 0) is 35.0 Å². The van der Waals surface area contributed by atoms with Crippen molar-refractivity contribution in [2.75, 3.05) is 7.11 Å². The van der Waals surface area contributed by atoms with E-state index in [4.69, 9.17) is 9.15 Å². The van der Waals surface area contributed by atoms with Crippen LogP contribution in [-0.4, -0.2) is 24.6 Å². The van der Waals surface area contributed by atoms with Crippen LogP contribution >= 0.6 is 15.9 Å². The molecule has 4 rings (SSSR count). The zero-order valence-electron chi connectivity index (χ0n) is 13.6. The van der Waals surface area contributed by atoms with Gasteiger partial charge in [-0.2, -0.15) is 0 Å². The van der Waals surface area contributed by atoms with Crippen molar-refractivity contribution in [3.63, 3.8) is 0 Å². The molecule has 0 amide bonds. The van der Waals surface area contributed by atoms with Crippen LogP contribution in [0.3, 0.4) is 0 Å². The Labute approximate surface area is 152 Å². The number of allylic oxidation sites excluding steroid dienone is 1. The number of carbonyl (C=O) groups is 2. The Balaban J connectivity index is 1.96. The second-order valence-electron chi connectivity index (χ2n) is 6.01. The summed E-state index contributed by atoms with van der Waals surface area (Å²) in [6, 6.07) is 10.9. The molecule has 1 aromatic heterocycles. The van der Waals surface area contributed by atoms with E-state index in [-0.39, 0.29) is 5.78 Å². The van der Waals surface area contributed by atoms with Crippen LogP contribution in [0.4, 0.5) is 0 Å². The fourth-order valence-corrected chi connectivity index (χ4v) is 3.90. The van der Waals surface area contributed by atoms with Gasteiger partial charge >= 0.3 is 5.97 Å². The van der Waals surface area contributed by atoms with E-state index in [9.17, 15) is 9.59 Å². The van der Waals surface area contributed by atoms with E-state index in [0.717, 1.165) is 5.56 Å². The van der Waals surface area contributed by atoms with Gasteiger partial charge in [0.1, 0.15) is 11.7 Å². The maximum atomic E-state index is 13.1. The van der Waals surface area contributed by atoms with Gasteiger partial charge in [-0.15, -0.1) is 0 Å². The number of benzene rings is 1. The van der Waals surface area contributed by atoms with Gasteiger partial charge in [0.25, 0.3) is 0 Å². The number of hydrogen-bond donors (Lipinski definition) is 0. The highest BCUT2D eigenvalue weighted by Crippen LogP contribution is 2.48. The van der Waals surface area contributed by atoms with E-state index in [1.54, 1.807) is 25.1 Å². The second kappa shape index (κ2) is 5.81. The molecule has 1 unspecified atom stereocenters. The van der Waals surface area contributed by atoms with Gasteiger partial charge in [0.15, 0.2) is 10.5 Å². The molecule has 0 spiro atoms. The summed E-state index contributed by atoms with van der Waals surface area (Å²) >= 11 is 3.29. The number of halogens is 1. The van der Waals surface area contributed by atoms with Crippen LogP contribution in [-0.2, 0) is 9.53 Å². The summed E-state index contributed by atoms with van der Waals surface area (Å²) in [5, 5.41) is 0. The van der Waals surface area contributed by atoms with Gasteiger partial charge in [0, 0.05) is 22.4 Å². The molecule has 2 aromatic rings. The van der Waals surface area contributed by atoms with E-state index >= 15 is 0 Å². The van der Waals surface area contributed by atoms with Crippen molar-refractivity contribution >= 4 is 39.1 Å². The minimum absolute atomic E-state index is 0.117. The molecule has 0 bridgehead atoms. The summed E-state index contributed by atoms with van der Waals surface area (Å²) in [6.07, 6.45) is 0. The molecule has 126 valence electrons. The predicted octanol–water partition coefficient (Wildman–Crippen LogP) is 4.00. The minimum atomic E-state index is -0.694. The van der Waals surface area contributed by atoms with Crippen molar-refractivity contribution in [3.8, 4) is 0 Å². The normalized spacial score (nSPS) is 21.7. The van der Waals surface area contributed by atoms with Crippen LogP contribution in [0.1, 0.15) is 34.5 Å². The maximum Gasteiger partial charge on any atom is 0.315 e. The molecule has 1 aliphatic heterocycles. The Morgan fingerprint density at radius 2 is 1.92 bits per heavy atom. The number of ketones is 1. The number of nitrogens with zero attached hydrogens (tertiary/aromatic N) is 1. The van der Waals surface area contributed by atoms with E-state index in [0.29, 0.717) is 33.0 Å². The molecule has 6 heteroatoms. The first-order chi connectivity index (χ1) is 12.0. The molecule has 2 atom stereocenters. The second-order valence-corrected chi connectivity index (χ2v) is 6.79. The number of hydrogen-bond acceptors (Lipinski definition) is 5. The summed E-state index contributed by atoms with van der Waals surface area (Å²) in [5.74, 6) is -1.28. The van der Waals surface area contributed by atoms with Gasteiger partial charge in [0.05, 0.1) is 18.7 Å². The number of rotatable bonds is 2. The molecule has 25 heavy (non-hydrogen) atoms. The van der Waals surface area contributed by atoms with Gasteiger partial charge in [-0.25, -0.2) is 0 Å². The summed E-state index contributed by atoms with van der Waals surface area (Å²) in [6.45, 7) is 1.78. The lowest BCUT2D eigenvalue weighted by molar-refractivity contribution is -0.143. The minimum Gasteiger partial charge on any atom is -0.468 e. The number of furan rings is 1. The summed E-state index contributed by atoms with van der Waals surface area (Å²) in [5.41, 5.74) is 3.11. The summed E-state index contributed by atoms with van der Waals surface area (Å²) in [4.78, 5) is 30.1. The average Bonchev–Trinajstić information content (AvgIpc) is 3.16. The standard InChI is InChI=1S/C19H14BrNO4/c1-9-14(19(23)24-2)15(12-7-8-13(20)25-12)16-17(21-9)10-5-3-4-6-11(10)18(16)22/h3-8,14-15H,1-2H3/t14?,15-/m1/s1. The van der Waals surface area contributed by atoms with Gasteiger partial charge < -0.3 is 9.15 Å². The van der Waals surface area contributed by atoms with Crippen molar-refractivity contribution in [3.05, 3.63) is 63.5 Å². The largest absolute Gasteiger partial charge is 0.468 e. The van der Waals surface area contributed by atoms with E-state index in [1.165, 1.54) is 7.11 Å². The third-order valence-corrected chi connectivity index (χ3v) is 5.09. The van der Waals surface area contributed by atoms with Crippen LogP contribution in [0.2, 0.25) is 0 Å². The summed E-state index contributed by atoms with van der Waals surface area (Å²) < 4.78 is 11.2. The number of aliphatic imine (C=N–C) groups is 1. The molecular weight excluding hydrogens is 386 g/mol. The molecule has 1 aromatic carbocycles. The van der Waals surface area contributed by atoms with E-state index in [1.807, 2.05) is 18.2 Å². The monoisotopic (exact) mass is 399 g/mol. The molecular formula is C19H14BrNO4. The van der Waals surface area contributed by atoms with Crippen molar-refractivity contribution in [1.29, 1.82) is 0 Å². The molecule has 0 saturated carbocycles. The molecule has 2 heterocycles. The highest BCUT2D eigenvalue weighted by molar-refractivity contribution is 9.10. The molecule has 1 aliphatic carbocycles. The number of carbonyl (C=O) groups excluding carboxylic acids is 2. The first-order valence-electron chi connectivity index (χ1n) is 7.79. The maximum absolute atomic E-state index is 13.1. The van der Waals surface area contributed by atoms with Crippen molar-refractivity contribution in [1.82, 2.24) is 0 Å². The quantitative estimate of drug-likeness (QED) is 0.715. The van der Waals surface area contributed by atoms with Gasteiger partial charge in [0.2, 0.25) is 0 Å². The number of esters is 1. The van der Waals surface area contributed by atoms with Crippen LogP contribution < -0.4 is 0 Å². The number of methoxy groups -OCH3 is 1. The third-order valence-electron chi connectivity index (χ3n) is 4.66. The number of fused-ring (bicyclic) bond motifs is 2. The van der Waals surface area contributed by atoms with Crippen molar-refractivity contribution < 1.29 is 18.7 Å². The summed E-state index contributed by atoms with van der Waals surface area (Å²) in [7, 11) is 1.33. The Morgan fingerprint density at radius 3 is 2.56 bits per heavy atom. The average molecular weight is 400 g/mol. The topological polar surface area (TPSA) is 68.9 Å². The lowest BCUT2D eigenvalue weighted by atomic mass is 9.78.